The molecule has 27 heavy (non-hydrogen) atoms. The number of carbonyl (C=O) groups is 1. The summed E-state index contributed by atoms with van der Waals surface area (Å²) >= 11 is 0. The van der Waals surface area contributed by atoms with E-state index in [1.54, 1.807) is 0 Å². The maximum atomic E-state index is 12.0. The van der Waals surface area contributed by atoms with Crippen LogP contribution in [0.2, 0.25) is 0 Å². The lowest BCUT2D eigenvalue weighted by Crippen LogP contribution is -2.36. The molecular weight excluding hydrogens is 336 g/mol. The molecule has 0 saturated heterocycles. The van der Waals surface area contributed by atoms with Crippen molar-refractivity contribution in [2.75, 3.05) is 18.4 Å². The first-order chi connectivity index (χ1) is 13.3. The van der Waals surface area contributed by atoms with Crippen LogP contribution in [0.5, 0.6) is 0 Å². The summed E-state index contributed by atoms with van der Waals surface area (Å²) < 4.78 is 0. The van der Waals surface area contributed by atoms with Gasteiger partial charge in [-0.25, -0.2) is 9.78 Å². The minimum absolute atomic E-state index is 0.153. The number of anilines is 1. The molecule has 3 N–H and O–H groups in total. The Morgan fingerprint density at radius 2 is 1.93 bits per heavy atom. The molecule has 0 spiro atoms. The predicted molar refractivity (Wildman–Crippen MR) is 109 cm³/mol. The standard InChI is InChI=1S/C22H24N4O/c27-22(25-15-16-7-8-17-4-1-2-5-19(17)14-16)24-13-11-20-10-9-18-6-3-12-23-21(18)26-20/h1-2,4-5,7-10,14H,3,6,11-13,15H2,(H,23,26)(H2,24,25,27). The number of rotatable bonds is 5. The number of hydrogen-bond acceptors (Lipinski definition) is 3. The second-order valence-corrected chi connectivity index (χ2v) is 6.88. The third-order valence-electron chi connectivity index (χ3n) is 4.89. The van der Waals surface area contributed by atoms with Gasteiger partial charge in [0.05, 0.1) is 0 Å². The van der Waals surface area contributed by atoms with E-state index in [2.05, 4.69) is 57.3 Å². The lowest BCUT2D eigenvalue weighted by molar-refractivity contribution is 0.240. The Balaban J connectivity index is 1.24. The van der Waals surface area contributed by atoms with Crippen molar-refractivity contribution in [3.05, 3.63) is 71.4 Å². The summed E-state index contributed by atoms with van der Waals surface area (Å²) in [6.07, 6.45) is 2.97. The van der Waals surface area contributed by atoms with Crippen molar-refractivity contribution in [3.8, 4) is 0 Å². The molecule has 4 rings (SSSR count). The lowest BCUT2D eigenvalue weighted by Gasteiger charge is -2.17. The van der Waals surface area contributed by atoms with Gasteiger partial charge >= 0.3 is 6.03 Å². The predicted octanol–water partition coefficient (Wildman–Crippen LogP) is 3.63. The summed E-state index contributed by atoms with van der Waals surface area (Å²) in [6.45, 7) is 2.06. The number of hydrogen-bond donors (Lipinski definition) is 3. The monoisotopic (exact) mass is 360 g/mol. The Bertz CT molecular complexity index is 954. The fourth-order valence-corrected chi connectivity index (χ4v) is 3.41. The van der Waals surface area contributed by atoms with Gasteiger partial charge in [-0.2, -0.15) is 0 Å². The van der Waals surface area contributed by atoms with E-state index in [4.69, 9.17) is 0 Å². The van der Waals surface area contributed by atoms with E-state index in [1.807, 2.05) is 18.2 Å². The summed E-state index contributed by atoms with van der Waals surface area (Å²) in [5.74, 6) is 1.000. The molecule has 2 heterocycles. The zero-order valence-corrected chi connectivity index (χ0v) is 15.3. The van der Waals surface area contributed by atoms with Crippen molar-refractivity contribution in [3.63, 3.8) is 0 Å². The maximum absolute atomic E-state index is 12.0. The summed E-state index contributed by atoms with van der Waals surface area (Å²) in [4.78, 5) is 16.7. The van der Waals surface area contributed by atoms with Crippen molar-refractivity contribution < 1.29 is 4.79 Å². The van der Waals surface area contributed by atoms with E-state index >= 15 is 0 Å². The van der Waals surface area contributed by atoms with Crippen LogP contribution < -0.4 is 16.0 Å². The molecule has 1 aliphatic heterocycles. The van der Waals surface area contributed by atoms with Crippen LogP contribution in [-0.4, -0.2) is 24.1 Å². The van der Waals surface area contributed by atoms with Gasteiger partial charge in [-0.15, -0.1) is 0 Å². The number of nitrogens with zero attached hydrogens (tertiary/aromatic N) is 1. The van der Waals surface area contributed by atoms with E-state index in [0.29, 0.717) is 13.1 Å². The van der Waals surface area contributed by atoms with Crippen LogP contribution >= 0.6 is 0 Å². The number of carbonyl (C=O) groups excluding carboxylic acids is 1. The molecule has 3 aromatic rings. The van der Waals surface area contributed by atoms with Crippen molar-refractivity contribution in [2.24, 2.45) is 0 Å². The molecule has 2 aromatic carbocycles. The smallest absolute Gasteiger partial charge is 0.315 e. The third-order valence-corrected chi connectivity index (χ3v) is 4.89. The number of nitrogens with one attached hydrogen (secondary N) is 3. The number of amides is 2. The van der Waals surface area contributed by atoms with Crippen molar-refractivity contribution in [1.29, 1.82) is 0 Å². The molecular formula is C22H24N4O. The Morgan fingerprint density at radius 1 is 1.04 bits per heavy atom. The topological polar surface area (TPSA) is 66.0 Å². The van der Waals surface area contributed by atoms with Crippen molar-refractivity contribution in [1.82, 2.24) is 15.6 Å². The Hall–Kier alpha value is -3.08. The van der Waals surface area contributed by atoms with E-state index in [9.17, 15) is 4.79 Å². The normalized spacial score (nSPS) is 12.9. The first-order valence-corrected chi connectivity index (χ1v) is 9.50. The van der Waals surface area contributed by atoms with Crippen molar-refractivity contribution >= 4 is 22.6 Å². The molecule has 0 fully saturated rings. The van der Waals surface area contributed by atoms with E-state index in [1.165, 1.54) is 16.3 Å². The van der Waals surface area contributed by atoms with Gasteiger partial charge in [0.2, 0.25) is 0 Å². The molecule has 0 radical (unpaired) electrons. The van der Waals surface area contributed by atoms with E-state index < -0.39 is 0 Å². The molecule has 0 bridgehead atoms. The number of benzene rings is 2. The van der Waals surface area contributed by atoms with Crippen LogP contribution in [0.1, 0.15) is 23.2 Å². The summed E-state index contributed by atoms with van der Waals surface area (Å²) in [5.41, 5.74) is 3.37. The SMILES string of the molecule is O=C(NCCc1ccc2c(n1)NCCC2)NCc1ccc2ccccc2c1. The van der Waals surface area contributed by atoms with Gasteiger partial charge in [0.15, 0.2) is 0 Å². The maximum Gasteiger partial charge on any atom is 0.315 e. The molecule has 2 amide bonds. The average Bonchev–Trinajstić information content (AvgIpc) is 2.72. The Morgan fingerprint density at radius 3 is 2.85 bits per heavy atom. The van der Waals surface area contributed by atoms with Crippen LogP contribution in [-0.2, 0) is 19.4 Å². The third kappa shape index (κ3) is 4.37. The van der Waals surface area contributed by atoms with E-state index in [0.717, 1.165) is 42.9 Å². The Kier molecular flexibility index (Phi) is 5.19. The van der Waals surface area contributed by atoms with Crippen LogP contribution in [0.3, 0.4) is 0 Å². The number of pyridine rings is 1. The highest BCUT2D eigenvalue weighted by atomic mass is 16.2. The molecule has 1 aromatic heterocycles. The minimum atomic E-state index is -0.153. The molecule has 0 unspecified atom stereocenters. The highest BCUT2D eigenvalue weighted by Gasteiger charge is 2.10. The second kappa shape index (κ2) is 8.08. The molecule has 0 aliphatic carbocycles. The minimum Gasteiger partial charge on any atom is -0.370 e. The molecule has 0 saturated carbocycles. The number of aromatic nitrogens is 1. The van der Waals surface area contributed by atoms with Gasteiger partial charge in [0.25, 0.3) is 0 Å². The van der Waals surface area contributed by atoms with E-state index in [-0.39, 0.29) is 6.03 Å². The average molecular weight is 360 g/mol. The largest absolute Gasteiger partial charge is 0.370 e. The molecule has 5 heteroatoms. The van der Waals surface area contributed by atoms with Crippen LogP contribution in [0, 0.1) is 0 Å². The van der Waals surface area contributed by atoms with Crippen molar-refractivity contribution in [2.45, 2.75) is 25.8 Å². The van der Waals surface area contributed by atoms with Gasteiger partial charge in [-0.3, -0.25) is 0 Å². The van der Waals surface area contributed by atoms with Crippen LogP contribution in [0.15, 0.2) is 54.6 Å². The molecule has 0 atom stereocenters. The zero-order valence-electron chi connectivity index (χ0n) is 15.3. The fourth-order valence-electron chi connectivity index (χ4n) is 3.41. The lowest BCUT2D eigenvalue weighted by atomic mass is 10.1. The highest BCUT2D eigenvalue weighted by molar-refractivity contribution is 5.83. The fraction of sp³-hybridized carbons (Fsp3) is 0.273. The first kappa shape index (κ1) is 17.3. The van der Waals surface area contributed by atoms with Crippen LogP contribution in [0.25, 0.3) is 10.8 Å². The summed E-state index contributed by atoms with van der Waals surface area (Å²) in [6, 6.07) is 18.5. The first-order valence-electron chi connectivity index (χ1n) is 9.50. The van der Waals surface area contributed by atoms with Gasteiger partial charge in [-0.1, -0.05) is 42.5 Å². The quantitative estimate of drug-likeness (QED) is 0.651. The summed E-state index contributed by atoms with van der Waals surface area (Å²) in [5, 5.41) is 11.6. The zero-order chi connectivity index (χ0) is 18.5. The molecule has 1 aliphatic rings. The van der Waals surface area contributed by atoms with Gasteiger partial charge in [-0.05, 0) is 46.9 Å². The van der Waals surface area contributed by atoms with Gasteiger partial charge < -0.3 is 16.0 Å². The molecule has 5 nitrogen and oxygen atoms in total. The summed E-state index contributed by atoms with van der Waals surface area (Å²) in [7, 11) is 0. The van der Waals surface area contributed by atoms with Gasteiger partial charge in [0, 0.05) is 31.7 Å². The second-order valence-electron chi connectivity index (χ2n) is 6.88. The highest BCUT2D eigenvalue weighted by Crippen LogP contribution is 2.19. The number of fused-ring (bicyclic) bond motifs is 2. The van der Waals surface area contributed by atoms with Gasteiger partial charge in [0.1, 0.15) is 5.82 Å². The Labute approximate surface area is 159 Å². The van der Waals surface area contributed by atoms with Crippen LogP contribution in [0.4, 0.5) is 10.6 Å². The number of aryl methyl sites for hydroxylation is 1. The number of urea groups is 1. The molecule has 138 valence electrons.